The van der Waals surface area contributed by atoms with Crippen molar-refractivity contribution < 1.29 is 4.39 Å². The van der Waals surface area contributed by atoms with Gasteiger partial charge in [-0.25, -0.2) is 4.39 Å². The second-order valence-electron chi connectivity index (χ2n) is 6.23. The van der Waals surface area contributed by atoms with Crippen LogP contribution in [0.4, 0.5) is 4.39 Å². The van der Waals surface area contributed by atoms with Gasteiger partial charge in [-0.3, -0.25) is 4.90 Å². The highest BCUT2D eigenvalue weighted by atomic mass is 19.1. The predicted molar refractivity (Wildman–Crippen MR) is 80.1 cm³/mol. The van der Waals surface area contributed by atoms with Crippen LogP contribution < -0.4 is 5.32 Å². The van der Waals surface area contributed by atoms with Gasteiger partial charge in [0.2, 0.25) is 0 Å². The highest BCUT2D eigenvalue weighted by molar-refractivity contribution is 5.37. The van der Waals surface area contributed by atoms with E-state index < -0.39 is 0 Å². The fourth-order valence-corrected chi connectivity index (χ4v) is 3.67. The molecule has 2 aliphatic heterocycles. The Morgan fingerprint density at radius 1 is 1.29 bits per heavy atom. The van der Waals surface area contributed by atoms with Gasteiger partial charge in [-0.15, -0.1) is 0 Å². The number of likely N-dealkylation sites (tertiary alicyclic amines) is 1. The van der Waals surface area contributed by atoms with E-state index in [9.17, 15) is 4.39 Å². The maximum Gasteiger partial charge on any atom is 0.123 e. The average molecular weight is 287 g/mol. The number of hydrogen-bond donors (Lipinski definition) is 1. The van der Waals surface area contributed by atoms with E-state index in [1.165, 1.54) is 44.4 Å². The molecule has 1 atom stereocenters. The molecule has 1 unspecified atom stereocenters. The second-order valence-corrected chi connectivity index (χ2v) is 6.23. The van der Waals surface area contributed by atoms with Crippen LogP contribution in [0.2, 0.25) is 0 Å². The first kappa shape index (κ1) is 14.5. The number of hydrogen-bond acceptors (Lipinski definition) is 3. The standard InChI is InChI=1S/C17H22FN3/c18-16-4-3-14(11-19)15(10-16)12-21-8-5-13(6-9-21)17-2-1-7-20-17/h3-4,10,13,17,20H,1-2,5-9,12H2. The molecule has 0 bridgehead atoms. The highest BCUT2D eigenvalue weighted by Gasteiger charge is 2.28. The van der Waals surface area contributed by atoms with Gasteiger partial charge in [0, 0.05) is 12.6 Å². The van der Waals surface area contributed by atoms with Gasteiger partial charge in [0.05, 0.1) is 11.6 Å². The largest absolute Gasteiger partial charge is 0.314 e. The summed E-state index contributed by atoms with van der Waals surface area (Å²) in [6.45, 7) is 3.94. The lowest BCUT2D eigenvalue weighted by molar-refractivity contribution is 0.157. The average Bonchev–Trinajstić information content (AvgIpc) is 3.03. The van der Waals surface area contributed by atoms with Gasteiger partial charge in [-0.2, -0.15) is 5.26 Å². The van der Waals surface area contributed by atoms with Crippen LogP contribution >= 0.6 is 0 Å². The first-order valence-corrected chi connectivity index (χ1v) is 7.90. The fraction of sp³-hybridized carbons (Fsp3) is 0.588. The number of rotatable bonds is 3. The van der Waals surface area contributed by atoms with Gasteiger partial charge >= 0.3 is 0 Å². The third-order valence-electron chi connectivity index (χ3n) is 4.88. The van der Waals surface area contributed by atoms with Crippen molar-refractivity contribution in [3.63, 3.8) is 0 Å². The minimum atomic E-state index is -0.256. The quantitative estimate of drug-likeness (QED) is 0.929. The minimum absolute atomic E-state index is 0.256. The maximum absolute atomic E-state index is 13.4. The van der Waals surface area contributed by atoms with Crippen molar-refractivity contribution in [2.45, 2.75) is 38.3 Å². The molecule has 1 aromatic rings. The summed E-state index contributed by atoms with van der Waals surface area (Å²) in [6.07, 6.45) is 5.02. The van der Waals surface area contributed by atoms with Crippen LogP contribution in [-0.2, 0) is 6.54 Å². The fourth-order valence-electron chi connectivity index (χ4n) is 3.67. The molecule has 0 amide bonds. The van der Waals surface area contributed by atoms with E-state index in [2.05, 4.69) is 16.3 Å². The number of halogens is 1. The molecule has 3 nitrogen and oxygen atoms in total. The van der Waals surface area contributed by atoms with E-state index in [1.54, 1.807) is 6.07 Å². The number of benzene rings is 1. The Balaban J connectivity index is 1.58. The minimum Gasteiger partial charge on any atom is -0.314 e. The topological polar surface area (TPSA) is 39.1 Å². The molecule has 4 heteroatoms. The monoisotopic (exact) mass is 287 g/mol. The molecule has 2 saturated heterocycles. The first-order chi connectivity index (χ1) is 10.3. The molecular formula is C17H22FN3. The molecule has 0 spiro atoms. The van der Waals surface area contributed by atoms with E-state index >= 15 is 0 Å². The zero-order chi connectivity index (χ0) is 14.7. The lowest BCUT2D eigenvalue weighted by Gasteiger charge is -2.35. The molecule has 1 aromatic carbocycles. The molecule has 2 heterocycles. The van der Waals surface area contributed by atoms with Crippen molar-refractivity contribution in [3.05, 3.63) is 35.1 Å². The summed E-state index contributed by atoms with van der Waals surface area (Å²) in [6, 6.07) is 7.31. The van der Waals surface area contributed by atoms with Crippen LogP contribution in [0.3, 0.4) is 0 Å². The summed E-state index contributed by atoms with van der Waals surface area (Å²) < 4.78 is 13.4. The van der Waals surface area contributed by atoms with Gasteiger partial charge in [0.25, 0.3) is 0 Å². The molecule has 2 aliphatic rings. The van der Waals surface area contributed by atoms with Gasteiger partial charge in [0.15, 0.2) is 0 Å². The molecule has 0 saturated carbocycles. The number of nitrogens with one attached hydrogen (secondary N) is 1. The number of nitriles is 1. The lowest BCUT2D eigenvalue weighted by Crippen LogP contribution is -2.40. The zero-order valence-corrected chi connectivity index (χ0v) is 12.3. The Bertz CT molecular complexity index is 523. The van der Waals surface area contributed by atoms with Gasteiger partial charge in [0.1, 0.15) is 5.82 Å². The van der Waals surface area contributed by atoms with E-state index in [0.29, 0.717) is 18.2 Å². The summed E-state index contributed by atoms with van der Waals surface area (Å²) in [5.41, 5.74) is 1.41. The summed E-state index contributed by atoms with van der Waals surface area (Å²) in [7, 11) is 0. The molecule has 0 aliphatic carbocycles. The van der Waals surface area contributed by atoms with Crippen molar-refractivity contribution in [2.75, 3.05) is 19.6 Å². The normalized spacial score (nSPS) is 24.1. The maximum atomic E-state index is 13.4. The van der Waals surface area contributed by atoms with Crippen LogP contribution in [0.5, 0.6) is 0 Å². The second kappa shape index (κ2) is 6.55. The lowest BCUT2D eigenvalue weighted by atomic mass is 9.88. The Hall–Kier alpha value is -1.44. The highest BCUT2D eigenvalue weighted by Crippen LogP contribution is 2.26. The third-order valence-corrected chi connectivity index (χ3v) is 4.88. The smallest absolute Gasteiger partial charge is 0.123 e. The van der Waals surface area contributed by atoms with E-state index in [0.717, 1.165) is 24.6 Å². The van der Waals surface area contributed by atoms with E-state index in [-0.39, 0.29) is 5.82 Å². The van der Waals surface area contributed by atoms with Crippen molar-refractivity contribution >= 4 is 0 Å². The van der Waals surface area contributed by atoms with Crippen LogP contribution in [0.15, 0.2) is 18.2 Å². The summed E-state index contributed by atoms with van der Waals surface area (Å²) in [5.74, 6) is 0.528. The van der Waals surface area contributed by atoms with Crippen molar-refractivity contribution in [1.29, 1.82) is 5.26 Å². The van der Waals surface area contributed by atoms with Crippen LogP contribution in [0.1, 0.15) is 36.8 Å². The number of nitrogens with zero attached hydrogens (tertiary/aromatic N) is 2. The van der Waals surface area contributed by atoms with Crippen molar-refractivity contribution in [3.8, 4) is 6.07 Å². The molecular weight excluding hydrogens is 265 g/mol. The van der Waals surface area contributed by atoms with E-state index in [1.807, 2.05) is 0 Å². The number of piperidine rings is 1. The van der Waals surface area contributed by atoms with E-state index in [4.69, 9.17) is 5.26 Å². The molecule has 2 fully saturated rings. The zero-order valence-electron chi connectivity index (χ0n) is 12.3. The third kappa shape index (κ3) is 3.42. The first-order valence-electron chi connectivity index (χ1n) is 7.90. The van der Waals surface area contributed by atoms with Crippen LogP contribution in [-0.4, -0.2) is 30.6 Å². The Kier molecular flexibility index (Phi) is 4.52. The molecule has 0 radical (unpaired) electrons. The van der Waals surface area contributed by atoms with Crippen molar-refractivity contribution in [1.82, 2.24) is 10.2 Å². The van der Waals surface area contributed by atoms with Gasteiger partial charge in [-0.1, -0.05) is 0 Å². The molecule has 112 valence electrons. The van der Waals surface area contributed by atoms with Crippen LogP contribution in [0.25, 0.3) is 0 Å². The van der Waals surface area contributed by atoms with Crippen molar-refractivity contribution in [2.24, 2.45) is 5.92 Å². The molecule has 3 rings (SSSR count). The summed E-state index contributed by atoms with van der Waals surface area (Å²) in [4.78, 5) is 2.35. The molecule has 0 aromatic heterocycles. The molecule has 21 heavy (non-hydrogen) atoms. The Morgan fingerprint density at radius 3 is 2.76 bits per heavy atom. The summed E-state index contributed by atoms with van der Waals surface area (Å²) >= 11 is 0. The SMILES string of the molecule is N#Cc1ccc(F)cc1CN1CCC(C2CCCN2)CC1. The molecule has 1 N–H and O–H groups in total. The predicted octanol–water partition coefficient (Wildman–Crippen LogP) is 2.66. The summed E-state index contributed by atoms with van der Waals surface area (Å²) in [5, 5.41) is 12.7. The van der Waals surface area contributed by atoms with Gasteiger partial charge in [-0.05, 0) is 75.0 Å². The van der Waals surface area contributed by atoms with Gasteiger partial charge < -0.3 is 5.32 Å². The Labute approximate surface area is 125 Å². The van der Waals surface area contributed by atoms with Crippen LogP contribution in [0, 0.1) is 23.1 Å². The Morgan fingerprint density at radius 2 is 2.10 bits per heavy atom.